The van der Waals surface area contributed by atoms with Crippen LogP contribution in [0.5, 0.6) is 0 Å². The lowest BCUT2D eigenvalue weighted by molar-refractivity contribution is 0.883. The van der Waals surface area contributed by atoms with Crippen molar-refractivity contribution >= 4 is 68.3 Å². The molecule has 0 saturated heterocycles. The third-order valence-electron chi connectivity index (χ3n) is 3.84. The van der Waals surface area contributed by atoms with Crippen molar-refractivity contribution in [3.8, 4) is 0 Å². The molecule has 4 rings (SSSR count). The maximum atomic E-state index is 6.25. The Bertz CT molecular complexity index is 1000. The molecule has 27 heavy (non-hydrogen) atoms. The van der Waals surface area contributed by atoms with Crippen LogP contribution in [-0.4, -0.2) is 15.2 Å². The van der Waals surface area contributed by atoms with Gasteiger partial charge in [0.05, 0.1) is 10.2 Å². The summed E-state index contributed by atoms with van der Waals surface area (Å²) in [5.41, 5.74) is 4.90. The second-order valence-corrected chi connectivity index (χ2v) is 9.20. The van der Waals surface area contributed by atoms with Crippen molar-refractivity contribution in [2.45, 2.75) is 21.6 Å². The number of nitrogens with zero attached hydrogens (tertiary/aromatic N) is 3. The van der Waals surface area contributed by atoms with Crippen LogP contribution in [0.15, 0.2) is 64.1 Å². The molecular weight excluding hydrogens is 437 g/mol. The monoisotopic (exact) mass is 449 g/mol. The minimum atomic E-state index is 0.729. The third-order valence-corrected chi connectivity index (χ3v) is 7.56. The number of hydrogen-bond acceptors (Lipinski definition) is 6. The fourth-order valence-corrected chi connectivity index (χ4v) is 5.87. The van der Waals surface area contributed by atoms with E-state index in [9.17, 15) is 0 Å². The molecule has 0 amide bonds. The van der Waals surface area contributed by atoms with Gasteiger partial charge in [0.1, 0.15) is 15.6 Å². The molecule has 2 aromatic heterocycles. The van der Waals surface area contributed by atoms with E-state index in [4.69, 9.17) is 23.2 Å². The molecular formula is C19H13Cl2N3S3. The van der Waals surface area contributed by atoms with E-state index in [1.54, 1.807) is 34.9 Å². The standard InChI is InChI=1S/C19H13Cl2N3S3/c20-14-7-3-1-5-12(14)9-25-18-16-17(27-11-22-16)19(24-23-18)26-10-13-6-2-4-8-15(13)21/h1-8,11H,9-10H2. The SMILES string of the molecule is Clc1ccccc1CSc1nnc(SCc2ccccc2Cl)c2scnc12. The van der Waals surface area contributed by atoms with Crippen molar-refractivity contribution in [3.63, 3.8) is 0 Å². The zero-order valence-corrected chi connectivity index (χ0v) is 17.9. The molecule has 0 aliphatic heterocycles. The maximum absolute atomic E-state index is 6.25. The number of aromatic nitrogens is 3. The Morgan fingerprint density at radius 1 is 0.778 bits per heavy atom. The summed E-state index contributed by atoms with van der Waals surface area (Å²) >= 11 is 17.3. The summed E-state index contributed by atoms with van der Waals surface area (Å²) in [4.78, 5) is 4.51. The van der Waals surface area contributed by atoms with Crippen molar-refractivity contribution in [1.29, 1.82) is 0 Å². The molecule has 0 fully saturated rings. The van der Waals surface area contributed by atoms with E-state index in [-0.39, 0.29) is 0 Å². The zero-order valence-electron chi connectivity index (χ0n) is 13.9. The summed E-state index contributed by atoms with van der Waals surface area (Å²) in [6, 6.07) is 15.7. The average Bonchev–Trinajstić information content (AvgIpc) is 3.18. The highest BCUT2D eigenvalue weighted by molar-refractivity contribution is 7.99. The minimum absolute atomic E-state index is 0.729. The molecule has 136 valence electrons. The van der Waals surface area contributed by atoms with Gasteiger partial charge in [-0.05, 0) is 23.3 Å². The van der Waals surface area contributed by atoms with Gasteiger partial charge in [0.2, 0.25) is 0 Å². The van der Waals surface area contributed by atoms with Crippen molar-refractivity contribution < 1.29 is 0 Å². The van der Waals surface area contributed by atoms with Crippen LogP contribution in [0.25, 0.3) is 10.2 Å². The number of benzene rings is 2. The van der Waals surface area contributed by atoms with Gasteiger partial charge in [-0.1, -0.05) is 83.1 Å². The van der Waals surface area contributed by atoms with Gasteiger partial charge in [-0.25, -0.2) is 4.98 Å². The summed E-state index contributed by atoms with van der Waals surface area (Å²) in [7, 11) is 0. The first-order chi connectivity index (χ1) is 13.2. The summed E-state index contributed by atoms with van der Waals surface area (Å²) < 4.78 is 1.06. The Labute approximate surface area is 179 Å². The molecule has 4 aromatic rings. The van der Waals surface area contributed by atoms with Crippen LogP contribution in [0.4, 0.5) is 0 Å². The van der Waals surface area contributed by atoms with E-state index in [0.717, 1.165) is 52.9 Å². The number of thioether (sulfide) groups is 2. The van der Waals surface area contributed by atoms with Crippen LogP contribution in [0.3, 0.4) is 0 Å². The lowest BCUT2D eigenvalue weighted by atomic mass is 10.2. The van der Waals surface area contributed by atoms with Crippen molar-refractivity contribution in [3.05, 3.63) is 75.2 Å². The predicted octanol–water partition coefficient (Wildman–Crippen LogP) is 6.98. The average molecular weight is 450 g/mol. The van der Waals surface area contributed by atoms with Gasteiger partial charge >= 0.3 is 0 Å². The van der Waals surface area contributed by atoms with Gasteiger partial charge in [0.15, 0.2) is 0 Å². The first-order valence-corrected chi connectivity index (χ1v) is 11.7. The van der Waals surface area contributed by atoms with Crippen LogP contribution in [0.1, 0.15) is 11.1 Å². The van der Waals surface area contributed by atoms with Crippen LogP contribution in [0, 0.1) is 0 Å². The molecule has 0 aliphatic rings. The summed E-state index contributed by atoms with van der Waals surface area (Å²) in [5.74, 6) is 1.47. The van der Waals surface area contributed by atoms with Crippen LogP contribution >= 0.6 is 58.1 Å². The van der Waals surface area contributed by atoms with E-state index in [1.165, 1.54) is 0 Å². The molecule has 0 N–H and O–H groups in total. The fraction of sp³-hybridized carbons (Fsp3) is 0.105. The molecule has 3 nitrogen and oxygen atoms in total. The number of thiazole rings is 1. The van der Waals surface area contributed by atoms with Gasteiger partial charge in [-0.3, -0.25) is 0 Å². The quantitative estimate of drug-likeness (QED) is 0.296. The lowest BCUT2D eigenvalue weighted by Gasteiger charge is -2.06. The normalized spacial score (nSPS) is 11.2. The Morgan fingerprint density at radius 3 is 1.96 bits per heavy atom. The second kappa shape index (κ2) is 8.80. The fourth-order valence-electron chi connectivity index (χ4n) is 2.45. The first-order valence-electron chi connectivity index (χ1n) is 8.04. The molecule has 0 aliphatic carbocycles. The number of fused-ring (bicyclic) bond motifs is 1. The third kappa shape index (κ3) is 4.41. The number of hydrogen-bond donors (Lipinski definition) is 0. The van der Waals surface area contributed by atoms with E-state index in [0.29, 0.717) is 0 Å². The van der Waals surface area contributed by atoms with Gasteiger partial charge in [-0.2, -0.15) is 0 Å². The Morgan fingerprint density at radius 2 is 1.33 bits per heavy atom. The van der Waals surface area contributed by atoms with Crippen molar-refractivity contribution in [2.24, 2.45) is 0 Å². The summed E-state index contributed by atoms with van der Waals surface area (Å²) in [6.45, 7) is 0. The van der Waals surface area contributed by atoms with E-state index in [1.807, 2.05) is 54.0 Å². The van der Waals surface area contributed by atoms with Gasteiger partial charge in [0, 0.05) is 21.6 Å². The molecule has 0 spiro atoms. The summed E-state index contributed by atoms with van der Waals surface area (Å²) in [6.07, 6.45) is 0. The molecule has 2 aromatic carbocycles. The van der Waals surface area contributed by atoms with Crippen molar-refractivity contribution in [1.82, 2.24) is 15.2 Å². The Kier molecular flexibility index (Phi) is 6.20. The molecule has 2 heterocycles. The van der Waals surface area contributed by atoms with Gasteiger partial charge in [0.25, 0.3) is 0 Å². The summed E-state index contributed by atoms with van der Waals surface area (Å²) in [5, 5.41) is 12.1. The maximum Gasteiger partial charge on any atom is 0.146 e. The van der Waals surface area contributed by atoms with Crippen molar-refractivity contribution in [2.75, 3.05) is 0 Å². The second-order valence-electron chi connectivity index (χ2n) is 5.60. The molecule has 0 unspecified atom stereocenters. The Balaban J connectivity index is 1.53. The molecule has 0 bridgehead atoms. The van der Waals surface area contributed by atoms with Crippen LogP contribution in [-0.2, 0) is 11.5 Å². The van der Waals surface area contributed by atoms with Gasteiger partial charge < -0.3 is 0 Å². The largest absolute Gasteiger partial charge is 0.242 e. The number of halogens is 2. The first kappa shape index (κ1) is 19.0. The Hall–Kier alpha value is -1.31. The smallest absolute Gasteiger partial charge is 0.146 e. The highest BCUT2D eigenvalue weighted by Crippen LogP contribution is 2.36. The molecule has 0 atom stereocenters. The van der Waals surface area contributed by atoms with E-state index < -0.39 is 0 Å². The predicted molar refractivity (Wildman–Crippen MR) is 117 cm³/mol. The molecule has 0 saturated carbocycles. The van der Waals surface area contributed by atoms with Crippen LogP contribution < -0.4 is 0 Å². The molecule has 8 heteroatoms. The topological polar surface area (TPSA) is 38.7 Å². The van der Waals surface area contributed by atoms with Gasteiger partial charge in [-0.15, -0.1) is 21.5 Å². The highest BCUT2D eigenvalue weighted by Gasteiger charge is 2.14. The van der Waals surface area contributed by atoms with Crippen LogP contribution in [0.2, 0.25) is 10.0 Å². The zero-order chi connectivity index (χ0) is 18.6. The lowest BCUT2D eigenvalue weighted by Crippen LogP contribution is -1.92. The number of rotatable bonds is 6. The molecule has 0 radical (unpaired) electrons. The van der Waals surface area contributed by atoms with E-state index >= 15 is 0 Å². The highest BCUT2D eigenvalue weighted by atomic mass is 35.5. The van der Waals surface area contributed by atoms with E-state index in [2.05, 4.69) is 15.2 Å². The minimum Gasteiger partial charge on any atom is -0.242 e.